The zero-order valence-corrected chi connectivity index (χ0v) is 10.6. The summed E-state index contributed by atoms with van der Waals surface area (Å²) >= 11 is 0. The highest BCUT2D eigenvalue weighted by atomic mass is 16.7. The van der Waals surface area contributed by atoms with Crippen LogP contribution in [0.4, 0.5) is 0 Å². The van der Waals surface area contributed by atoms with Crippen LogP contribution >= 0.6 is 0 Å². The molecule has 3 heteroatoms. The van der Waals surface area contributed by atoms with Crippen molar-refractivity contribution < 1.29 is 9.63 Å². The van der Waals surface area contributed by atoms with Gasteiger partial charge in [0.15, 0.2) is 0 Å². The van der Waals surface area contributed by atoms with Crippen LogP contribution in [-0.4, -0.2) is 24.1 Å². The number of nitrogens with zero attached hydrogens (tertiary/aromatic N) is 1. The molecule has 3 nitrogen and oxygen atoms in total. The topological polar surface area (TPSA) is 29.5 Å². The molecule has 0 N–H and O–H groups in total. The first-order valence-corrected chi connectivity index (χ1v) is 5.45. The number of hydroxylamine groups is 2. The summed E-state index contributed by atoms with van der Waals surface area (Å²) in [7, 11) is 0. The van der Waals surface area contributed by atoms with Crippen LogP contribution < -0.4 is 0 Å². The first kappa shape index (κ1) is 14.2. The predicted molar refractivity (Wildman–Crippen MR) is 62.2 cm³/mol. The maximum atomic E-state index is 11.6. The Morgan fingerprint density at radius 3 is 2.07 bits per heavy atom. The minimum atomic E-state index is -0.311. The molecule has 0 radical (unpaired) electrons. The summed E-state index contributed by atoms with van der Waals surface area (Å²) in [6.45, 7) is 15.3. The van der Waals surface area contributed by atoms with E-state index < -0.39 is 0 Å². The largest absolute Gasteiger partial charge is 0.364 e. The minimum absolute atomic E-state index is 0.0688. The molecule has 0 saturated carbocycles. The number of carbonyl (C=O) groups is 1. The Bertz CT molecular complexity index is 224. The second-order valence-corrected chi connectivity index (χ2v) is 4.83. The lowest BCUT2D eigenvalue weighted by molar-refractivity contribution is -0.183. The molecule has 0 aromatic rings. The van der Waals surface area contributed by atoms with Crippen LogP contribution in [0.2, 0.25) is 0 Å². The standard InChI is InChI=1S/C12H23NO2/c1-7-13(8-2)15-11(14)10(3)9-12(4,5)6/h3,7-9H2,1-2,4-6H3. The summed E-state index contributed by atoms with van der Waals surface area (Å²) in [4.78, 5) is 16.7. The van der Waals surface area contributed by atoms with Gasteiger partial charge >= 0.3 is 5.97 Å². The lowest BCUT2D eigenvalue weighted by Gasteiger charge is -2.21. The zero-order chi connectivity index (χ0) is 12.1. The molecule has 0 bridgehead atoms. The molecule has 88 valence electrons. The summed E-state index contributed by atoms with van der Waals surface area (Å²) in [5.41, 5.74) is 0.605. The third-order valence-corrected chi connectivity index (χ3v) is 1.95. The lowest BCUT2D eigenvalue weighted by Crippen LogP contribution is -2.28. The summed E-state index contributed by atoms with van der Waals surface area (Å²) in [5, 5.41) is 1.62. The molecule has 0 aromatic carbocycles. The molecule has 0 heterocycles. The highest BCUT2D eigenvalue weighted by Gasteiger charge is 2.19. The number of hydrogen-bond acceptors (Lipinski definition) is 3. The van der Waals surface area contributed by atoms with E-state index in [0.29, 0.717) is 25.1 Å². The third-order valence-electron chi connectivity index (χ3n) is 1.95. The molecule has 0 aliphatic heterocycles. The first-order chi connectivity index (χ1) is 6.80. The van der Waals surface area contributed by atoms with Crippen LogP contribution in [-0.2, 0) is 9.63 Å². The van der Waals surface area contributed by atoms with Gasteiger partial charge in [-0.05, 0) is 25.7 Å². The zero-order valence-electron chi connectivity index (χ0n) is 10.6. The van der Waals surface area contributed by atoms with Crippen molar-refractivity contribution in [3.8, 4) is 0 Å². The maximum absolute atomic E-state index is 11.6. The second-order valence-electron chi connectivity index (χ2n) is 4.83. The second kappa shape index (κ2) is 5.91. The first-order valence-electron chi connectivity index (χ1n) is 5.45. The van der Waals surface area contributed by atoms with Crippen molar-refractivity contribution >= 4 is 5.97 Å². The van der Waals surface area contributed by atoms with Gasteiger partial charge < -0.3 is 4.84 Å². The van der Waals surface area contributed by atoms with E-state index in [9.17, 15) is 4.79 Å². The molecule has 0 unspecified atom stereocenters. The normalized spacial score (nSPS) is 11.6. The minimum Gasteiger partial charge on any atom is -0.364 e. The Kier molecular flexibility index (Phi) is 5.58. The number of rotatable bonds is 5. The molecule has 0 amide bonds. The van der Waals surface area contributed by atoms with Crippen LogP contribution in [0.5, 0.6) is 0 Å². The summed E-state index contributed by atoms with van der Waals surface area (Å²) in [6.07, 6.45) is 0.660. The van der Waals surface area contributed by atoms with Gasteiger partial charge in [0.25, 0.3) is 0 Å². The SMILES string of the molecule is C=C(CC(C)(C)C)C(=O)ON(CC)CC. The van der Waals surface area contributed by atoms with Gasteiger partial charge in [-0.2, -0.15) is 0 Å². The lowest BCUT2D eigenvalue weighted by atomic mass is 9.88. The van der Waals surface area contributed by atoms with Crippen molar-refractivity contribution in [3.05, 3.63) is 12.2 Å². The van der Waals surface area contributed by atoms with Crippen molar-refractivity contribution in [1.82, 2.24) is 5.06 Å². The van der Waals surface area contributed by atoms with Gasteiger partial charge in [-0.3, -0.25) is 0 Å². The molecule has 15 heavy (non-hydrogen) atoms. The van der Waals surface area contributed by atoms with E-state index in [1.807, 2.05) is 13.8 Å². The predicted octanol–water partition coefficient (Wildman–Crippen LogP) is 2.78. The fourth-order valence-corrected chi connectivity index (χ4v) is 1.25. The van der Waals surface area contributed by atoms with Gasteiger partial charge in [-0.25, -0.2) is 4.79 Å². The van der Waals surface area contributed by atoms with E-state index in [4.69, 9.17) is 4.84 Å². The van der Waals surface area contributed by atoms with Crippen LogP contribution in [0.25, 0.3) is 0 Å². The Morgan fingerprint density at radius 2 is 1.73 bits per heavy atom. The molecule has 0 aliphatic carbocycles. The summed E-state index contributed by atoms with van der Waals surface area (Å²) in [5.74, 6) is -0.311. The molecule has 0 aliphatic rings. The highest BCUT2D eigenvalue weighted by Crippen LogP contribution is 2.23. The fourth-order valence-electron chi connectivity index (χ4n) is 1.25. The van der Waals surface area contributed by atoms with E-state index in [1.165, 1.54) is 0 Å². The van der Waals surface area contributed by atoms with Gasteiger partial charge in [-0.15, -0.1) is 5.06 Å². The Morgan fingerprint density at radius 1 is 1.27 bits per heavy atom. The smallest absolute Gasteiger partial charge is 0.352 e. The van der Waals surface area contributed by atoms with Gasteiger partial charge in [0.2, 0.25) is 0 Å². The molecular weight excluding hydrogens is 190 g/mol. The molecular formula is C12H23NO2. The molecule has 0 saturated heterocycles. The van der Waals surface area contributed by atoms with Crippen LogP contribution in [0.15, 0.2) is 12.2 Å². The van der Waals surface area contributed by atoms with E-state index >= 15 is 0 Å². The van der Waals surface area contributed by atoms with E-state index in [0.717, 1.165) is 0 Å². The Hall–Kier alpha value is -0.830. The fraction of sp³-hybridized carbons (Fsp3) is 0.750. The van der Waals surface area contributed by atoms with Crippen molar-refractivity contribution in [2.45, 2.75) is 41.0 Å². The van der Waals surface area contributed by atoms with Crippen molar-refractivity contribution in [2.24, 2.45) is 5.41 Å². The van der Waals surface area contributed by atoms with Gasteiger partial charge in [0, 0.05) is 18.7 Å². The highest BCUT2D eigenvalue weighted by molar-refractivity contribution is 5.87. The van der Waals surface area contributed by atoms with Crippen LogP contribution in [0, 0.1) is 5.41 Å². The molecule has 0 aromatic heterocycles. The maximum Gasteiger partial charge on any atom is 0.352 e. The van der Waals surface area contributed by atoms with Crippen molar-refractivity contribution in [3.63, 3.8) is 0 Å². The van der Waals surface area contributed by atoms with Crippen LogP contribution in [0.3, 0.4) is 0 Å². The van der Waals surface area contributed by atoms with E-state index in [1.54, 1.807) is 5.06 Å². The van der Waals surface area contributed by atoms with Crippen molar-refractivity contribution in [2.75, 3.05) is 13.1 Å². The average Bonchev–Trinajstić information content (AvgIpc) is 2.10. The van der Waals surface area contributed by atoms with E-state index in [-0.39, 0.29) is 11.4 Å². The molecule has 0 spiro atoms. The van der Waals surface area contributed by atoms with Crippen molar-refractivity contribution in [1.29, 1.82) is 0 Å². The molecule has 0 rings (SSSR count). The monoisotopic (exact) mass is 213 g/mol. The van der Waals surface area contributed by atoms with Gasteiger partial charge in [0.05, 0.1) is 0 Å². The number of carbonyl (C=O) groups excluding carboxylic acids is 1. The number of hydrogen-bond donors (Lipinski definition) is 0. The Balaban J connectivity index is 4.16. The van der Waals surface area contributed by atoms with Gasteiger partial charge in [0.1, 0.15) is 0 Å². The molecule has 0 atom stereocenters. The molecule has 0 fully saturated rings. The van der Waals surface area contributed by atoms with Gasteiger partial charge in [-0.1, -0.05) is 27.4 Å². The average molecular weight is 213 g/mol. The third kappa shape index (κ3) is 6.28. The summed E-state index contributed by atoms with van der Waals surface area (Å²) < 4.78 is 0. The quantitative estimate of drug-likeness (QED) is 0.519. The summed E-state index contributed by atoms with van der Waals surface area (Å²) in [6, 6.07) is 0. The Labute approximate surface area is 93.1 Å². The van der Waals surface area contributed by atoms with Crippen LogP contribution in [0.1, 0.15) is 41.0 Å². The van der Waals surface area contributed by atoms with E-state index in [2.05, 4.69) is 27.4 Å².